The Balaban J connectivity index is 1.76. The number of furan rings is 1. The number of carboxylic acids is 1. The van der Waals surface area contributed by atoms with Crippen LogP contribution in [0.25, 0.3) is 11.5 Å². The van der Waals surface area contributed by atoms with E-state index in [9.17, 15) is 14.7 Å². The normalized spacial score (nSPS) is 20.5. The molecule has 0 radical (unpaired) electrons. The molecular weight excluding hydrogens is 314 g/mol. The second kappa shape index (κ2) is 6.12. The predicted molar refractivity (Wildman–Crippen MR) is 83.5 cm³/mol. The van der Waals surface area contributed by atoms with Gasteiger partial charge in [-0.1, -0.05) is 0 Å². The molecule has 0 bridgehead atoms. The van der Waals surface area contributed by atoms with Crippen molar-refractivity contribution in [3.63, 3.8) is 0 Å². The van der Waals surface area contributed by atoms with Gasteiger partial charge in [0.25, 0.3) is 5.91 Å². The van der Waals surface area contributed by atoms with Crippen LogP contribution in [0.4, 0.5) is 0 Å². The molecule has 0 spiro atoms. The maximum atomic E-state index is 12.6. The van der Waals surface area contributed by atoms with Gasteiger partial charge in [0.2, 0.25) is 0 Å². The number of carbonyl (C=O) groups is 2. The number of aliphatic carboxylic acids is 1. The van der Waals surface area contributed by atoms with Gasteiger partial charge in [0.05, 0.1) is 6.61 Å². The van der Waals surface area contributed by atoms with E-state index in [4.69, 9.17) is 9.15 Å². The van der Waals surface area contributed by atoms with Crippen LogP contribution in [0.1, 0.15) is 22.7 Å². The summed E-state index contributed by atoms with van der Waals surface area (Å²) in [6.45, 7) is 2.37. The summed E-state index contributed by atoms with van der Waals surface area (Å²) < 4.78 is 10.5. The Labute approximate surface area is 138 Å². The molecular formula is C16H19N3O5. The van der Waals surface area contributed by atoms with Gasteiger partial charge in [-0.05, 0) is 25.5 Å². The molecule has 2 aromatic heterocycles. The third-order valence-corrected chi connectivity index (χ3v) is 4.32. The van der Waals surface area contributed by atoms with Gasteiger partial charge >= 0.3 is 5.97 Å². The number of carbonyl (C=O) groups excluding carboxylic acids is 1. The number of hydrogen-bond donors (Lipinski definition) is 2. The Hall–Kier alpha value is -2.61. The van der Waals surface area contributed by atoms with Crippen molar-refractivity contribution < 1.29 is 23.8 Å². The van der Waals surface area contributed by atoms with E-state index in [1.54, 1.807) is 12.1 Å². The summed E-state index contributed by atoms with van der Waals surface area (Å²) in [4.78, 5) is 25.6. The van der Waals surface area contributed by atoms with E-state index in [2.05, 4.69) is 10.2 Å². The van der Waals surface area contributed by atoms with Gasteiger partial charge in [-0.2, -0.15) is 5.10 Å². The summed E-state index contributed by atoms with van der Waals surface area (Å²) in [5.74, 6) is 0.103. The second-order valence-corrected chi connectivity index (χ2v) is 6.07. The minimum atomic E-state index is -1.05. The van der Waals surface area contributed by atoms with E-state index in [0.29, 0.717) is 24.4 Å². The number of likely N-dealkylation sites (tertiary alicyclic amines) is 1. The molecule has 0 aromatic carbocycles. The highest BCUT2D eigenvalue weighted by atomic mass is 16.5. The SMILES string of the molecule is COCC1(C(=O)O)CCN(C(=O)c2cc(-c3ccc(C)o3)[nH]n2)C1. The molecule has 0 aliphatic carbocycles. The fraction of sp³-hybridized carbons (Fsp3) is 0.438. The highest BCUT2D eigenvalue weighted by Gasteiger charge is 2.46. The number of amides is 1. The van der Waals surface area contributed by atoms with Crippen LogP contribution in [0.2, 0.25) is 0 Å². The lowest BCUT2D eigenvalue weighted by molar-refractivity contribution is -0.151. The zero-order chi connectivity index (χ0) is 17.3. The van der Waals surface area contributed by atoms with Gasteiger partial charge < -0.3 is 19.2 Å². The number of H-pyrrole nitrogens is 1. The molecule has 3 rings (SSSR count). The quantitative estimate of drug-likeness (QED) is 0.859. The molecule has 24 heavy (non-hydrogen) atoms. The summed E-state index contributed by atoms with van der Waals surface area (Å²) in [7, 11) is 1.46. The molecule has 8 nitrogen and oxygen atoms in total. The Morgan fingerprint density at radius 2 is 2.29 bits per heavy atom. The molecule has 128 valence electrons. The van der Waals surface area contributed by atoms with Gasteiger partial charge in [0, 0.05) is 26.3 Å². The second-order valence-electron chi connectivity index (χ2n) is 6.07. The van der Waals surface area contributed by atoms with Gasteiger partial charge in [0.1, 0.15) is 16.9 Å². The molecule has 2 N–H and O–H groups in total. The minimum Gasteiger partial charge on any atom is -0.481 e. The third kappa shape index (κ3) is 2.80. The number of nitrogens with one attached hydrogen (secondary N) is 1. The summed E-state index contributed by atoms with van der Waals surface area (Å²) in [5.41, 5.74) is -0.216. The molecule has 1 saturated heterocycles. The third-order valence-electron chi connectivity index (χ3n) is 4.32. The van der Waals surface area contributed by atoms with Gasteiger partial charge in [-0.3, -0.25) is 14.7 Å². The zero-order valence-corrected chi connectivity index (χ0v) is 13.5. The smallest absolute Gasteiger partial charge is 0.313 e. The maximum Gasteiger partial charge on any atom is 0.313 e. The van der Waals surface area contributed by atoms with E-state index in [0.717, 1.165) is 5.76 Å². The molecule has 1 unspecified atom stereocenters. The lowest BCUT2D eigenvalue weighted by atomic mass is 9.88. The summed E-state index contributed by atoms with van der Waals surface area (Å²) in [6, 6.07) is 5.22. The standard InChI is InChI=1S/C16H19N3O5/c1-10-3-4-13(24-10)11-7-12(18-17-11)14(20)19-6-5-16(8-19,9-23-2)15(21)22/h3-4,7H,5-6,8-9H2,1-2H3,(H,17,18)(H,21,22). The highest BCUT2D eigenvalue weighted by molar-refractivity contribution is 5.94. The fourth-order valence-corrected chi connectivity index (χ4v) is 2.97. The number of aromatic nitrogens is 2. The average Bonchev–Trinajstić information content (AvgIpc) is 3.25. The number of aryl methyl sites for hydroxylation is 1. The highest BCUT2D eigenvalue weighted by Crippen LogP contribution is 2.32. The van der Waals surface area contributed by atoms with Crippen molar-refractivity contribution in [2.75, 3.05) is 26.8 Å². The summed E-state index contributed by atoms with van der Waals surface area (Å²) in [5, 5.41) is 16.3. The number of methoxy groups -OCH3 is 1. The van der Waals surface area contributed by atoms with Crippen LogP contribution < -0.4 is 0 Å². The van der Waals surface area contributed by atoms with E-state index < -0.39 is 11.4 Å². The van der Waals surface area contributed by atoms with Crippen molar-refractivity contribution in [1.29, 1.82) is 0 Å². The Kier molecular flexibility index (Phi) is 4.15. The lowest BCUT2D eigenvalue weighted by Gasteiger charge is -2.23. The largest absolute Gasteiger partial charge is 0.481 e. The van der Waals surface area contributed by atoms with Gasteiger partial charge in [0.15, 0.2) is 11.5 Å². The molecule has 1 atom stereocenters. The summed E-state index contributed by atoms with van der Waals surface area (Å²) >= 11 is 0. The van der Waals surface area contributed by atoms with Crippen molar-refractivity contribution in [2.24, 2.45) is 5.41 Å². The fourth-order valence-electron chi connectivity index (χ4n) is 2.97. The number of aromatic amines is 1. The first kappa shape index (κ1) is 16.3. The zero-order valence-electron chi connectivity index (χ0n) is 13.5. The van der Waals surface area contributed by atoms with Crippen molar-refractivity contribution in [1.82, 2.24) is 15.1 Å². The van der Waals surface area contributed by atoms with Crippen molar-refractivity contribution in [3.05, 3.63) is 29.7 Å². The molecule has 8 heteroatoms. The average molecular weight is 333 g/mol. The van der Waals surface area contributed by atoms with Crippen LogP contribution in [-0.2, 0) is 9.53 Å². The van der Waals surface area contributed by atoms with Gasteiger partial charge in [-0.25, -0.2) is 0 Å². The molecule has 1 fully saturated rings. The van der Waals surface area contributed by atoms with E-state index in [-0.39, 0.29) is 24.8 Å². The van der Waals surface area contributed by atoms with Crippen LogP contribution in [-0.4, -0.2) is 58.9 Å². The molecule has 2 aromatic rings. The van der Waals surface area contributed by atoms with E-state index in [1.807, 2.05) is 13.0 Å². The number of nitrogens with zero attached hydrogens (tertiary/aromatic N) is 2. The van der Waals surface area contributed by atoms with Crippen LogP contribution in [0.15, 0.2) is 22.6 Å². The molecule has 1 aliphatic heterocycles. The van der Waals surface area contributed by atoms with Gasteiger partial charge in [-0.15, -0.1) is 0 Å². The predicted octanol–water partition coefficient (Wildman–Crippen LogP) is 1.54. The first-order valence-electron chi connectivity index (χ1n) is 7.59. The first-order chi connectivity index (χ1) is 11.4. The molecule has 1 amide bonds. The van der Waals surface area contributed by atoms with E-state index >= 15 is 0 Å². The number of carboxylic acid groups (broad SMARTS) is 1. The van der Waals surface area contributed by atoms with Crippen LogP contribution in [0.5, 0.6) is 0 Å². The topological polar surface area (TPSA) is 109 Å². The minimum absolute atomic E-state index is 0.0730. The van der Waals surface area contributed by atoms with Crippen molar-refractivity contribution in [2.45, 2.75) is 13.3 Å². The Morgan fingerprint density at radius 3 is 2.92 bits per heavy atom. The van der Waals surface area contributed by atoms with E-state index in [1.165, 1.54) is 12.0 Å². The number of ether oxygens (including phenoxy) is 1. The number of hydrogen-bond acceptors (Lipinski definition) is 5. The molecule has 1 aliphatic rings. The first-order valence-corrected chi connectivity index (χ1v) is 7.59. The van der Waals surface area contributed by atoms with Crippen LogP contribution in [0.3, 0.4) is 0 Å². The number of rotatable bonds is 5. The Morgan fingerprint density at radius 1 is 1.50 bits per heavy atom. The summed E-state index contributed by atoms with van der Waals surface area (Å²) in [6.07, 6.45) is 0.358. The molecule has 0 saturated carbocycles. The van der Waals surface area contributed by atoms with Crippen LogP contribution >= 0.6 is 0 Å². The van der Waals surface area contributed by atoms with Crippen LogP contribution in [0, 0.1) is 12.3 Å². The van der Waals surface area contributed by atoms with Crippen molar-refractivity contribution >= 4 is 11.9 Å². The maximum absolute atomic E-state index is 12.6. The Bertz CT molecular complexity index is 765. The van der Waals surface area contributed by atoms with Crippen molar-refractivity contribution in [3.8, 4) is 11.5 Å². The monoisotopic (exact) mass is 333 g/mol. The lowest BCUT2D eigenvalue weighted by Crippen LogP contribution is -2.40. The molecule has 3 heterocycles.